The molecular formula is C10H16N2O5. The van der Waals surface area contributed by atoms with Crippen LogP contribution in [0.25, 0.3) is 0 Å². The minimum Gasteiger partial charge on any atom is -0.480 e. The maximum atomic E-state index is 11.3. The smallest absolute Gasteiger partial charge is 0.326 e. The second kappa shape index (κ2) is 7.37. The Hall–Kier alpha value is -1.92. The highest BCUT2D eigenvalue weighted by molar-refractivity contribution is 5.97. The van der Waals surface area contributed by atoms with Crippen molar-refractivity contribution in [1.29, 1.82) is 0 Å². The van der Waals surface area contributed by atoms with Gasteiger partial charge in [-0.25, -0.2) is 4.79 Å². The zero-order chi connectivity index (χ0) is 13.4. The van der Waals surface area contributed by atoms with Crippen LogP contribution < -0.4 is 10.6 Å². The zero-order valence-electron chi connectivity index (χ0n) is 9.78. The van der Waals surface area contributed by atoms with Crippen LogP contribution in [0.15, 0.2) is 0 Å². The van der Waals surface area contributed by atoms with E-state index in [2.05, 4.69) is 5.32 Å². The molecule has 0 aromatic heterocycles. The van der Waals surface area contributed by atoms with Crippen LogP contribution in [-0.2, 0) is 19.2 Å². The molecule has 0 saturated heterocycles. The fourth-order valence-corrected chi connectivity index (χ4v) is 0.977. The van der Waals surface area contributed by atoms with E-state index in [-0.39, 0.29) is 12.8 Å². The van der Waals surface area contributed by atoms with Crippen molar-refractivity contribution in [2.45, 2.75) is 39.2 Å². The van der Waals surface area contributed by atoms with Crippen molar-refractivity contribution in [3.8, 4) is 0 Å². The number of carbonyl (C=O) groups is 4. The van der Waals surface area contributed by atoms with Crippen molar-refractivity contribution in [3.63, 3.8) is 0 Å². The van der Waals surface area contributed by atoms with Gasteiger partial charge in [-0.05, 0) is 0 Å². The summed E-state index contributed by atoms with van der Waals surface area (Å²) in [6, 6.07) is -1.31. The Labute approximate surface area is 98.6 Å². The first kappa shape index (κ1) is 15.1. The number of rotatable bonds is 6. The van der Waals surface area contributed by atoms with E-state index in [1.165, 1.54) is 0 Å². The first-order chi connectivity index (χ1) is 7.90. The summed E-state index contributed by atoms with van der Waals surface area (Å²) in [7, 11) is 0. The van der Waals surface area contributed by atoms with E-state index in [9.17, 15) is 19.2 Å². The average molecular weight is 244 g/mol. The number of carboxylic acids is 1. The monoisotopic (exact) mass is 244 g/mol. The third-order valence-electron chi connectivity index (χ3n) is 1.94. The first-order valence-electron chi connectivity index (χ1n) is 5.25. The van der Waals surface area contributed by atoms with E-state index in [0.29, 0.717) is 0 Å². The Morgan fingerprint density at radius 3 is 1.94 bits per heavy atom. The molecule has 0 rings (SSSR count). The van der Waals surface area contributed by atoms with Gasteiger partial charge in [0.2, 0.25) is 17.7 Å². The largest absolute Gasteiger partial charge is 0.480 e. The maximum Gasteiger partial charge on any atom is 0.326 e. The summed E-state index contributed by atoms with van der Waals surface area (Å²) in [6.07, 6.45) is -0.211. The fraction of sp³-hybridized carbons (Fsp3) is 0.600. The van der Waals surface area contributed by atoms with Gasteiger partial charge in [-0.15, -0.1) is 0 Å². The van der Waals surface area contributed by atoms with Gasteiger partial charge < -0.3 is 10.4 Å². The topological polar surface area (TPSA) is 113 Å². The molecule has 7 heteroatoms. The van der Waals surface area contributed by atoms with Crippen LogP contribution in [0.5, 0.6) is 0 Å². The molecule has 3 amide bonds. The third kappa shape index (κ3) is 6.29. The number of imide groups is 1. The lowest BCUT2D eigenvalue weighted by Gasteiger charge is -2.13. The van der Waals surface area contributed by atoms with E-state index in [4.69, 9.17) is 5.11 Å². The summed E-state index contributed by atoms with van der Waals surface area (Å²) >= 11 is 0. The number of amides is 3. The molecule has 0 saturated carbocycles. The SMILES string of the molecule is CCC(=O)NC(=O)CC(NC(=O)CC)C(=O)O. The predicted molar refractivity (Wildman–Crippen MR) is 57.9 cm³/mol. The van der Waals surface area contributed by atoms with Gasteiger partial charge in [-0.3, -0.25) is 19.7 Å². The second-order valence-corrected chi connectivity index (χ2v) is 3.34. The van der Waals surface area contributed by atoms with Crippen LogP contribution in [0.2, 0.25) is 0 Å². The van der Waals surface area contributed by atoms with Crippen molar-refractivity contribution >= 4 is 23.7 Å². The van der Waals surface area contributed by atoms with E-state index >= 15 is 0 Å². The summed E-state index contributed by atoms with van der Waals surface area (Å²) in [6.45, 7) is 3.13. The van der Waals surface area contributed by atoms with Crippen molar-refractivity contribution in [2.24, 2.45) is 0 Å². The lowest BCUT2D eigenvalue weighted by atomic mass is 10.2. The van der Waals surface area contributed by atoms with E-state index in [1.54, 1.807) is 13.8 Å². The van der Waals surface area contributed by atoms with Crippen molar-refractivity contribution in [3.05, 3.63) is 0 Å². The maximum absolute atomic E-state index is 11.3. The Morgan fingerprint density at radius 1 is 1.00 bits per heavy atom. The minimum atomic E-state index is -1.31. The van der Waals surface area contributed by atoms with Gasteiger partial charge in [0.15, 0.2) is 0 Å². The minimum absolute atomic E-state index is 0.124. The lowest BCUT2D eigenvalue weighted by molar-refractivity contribution is -0.144. The van der Waals surface area contributed by atoms with Crippen LogP contribution >= 0.6 is 0 Å². The standard InChI is InChI=1S/C10H16N2O5/c1-3-7(13)11-6(10(16)17)5-9(15)12-8(14)4-2/h6H,3-5H2,1-2H3,(H,11,13)(H,16,17)(H,12,14,15). The quantitative estimate of drug-likeness (QED) is 0.578. The van der Waals surface area contributed by atoms with Crippen molar-refractivity contribution < 1.29 is 24.3 Å². The predicted octanol–water partition coefficient (Wildman–Crippen LogP) is -0.591. The van der Waals surface area contributed by atoms with Crippen LogP contribution in [-0.4, -0.2) is 34.8 Å². The molecule has 0 radical (unpaired) electrons. The number of carboxylic acid groups (broad SMARTS) is 1. The number of aliphatic carboxylic acids is 1. The normalized spacial score (nSPS) is 11.4. The zero-order valence-corrected chi connectivity index (χ0v) is 9.78. The van der Waals surface area contributed by atoms with Gasteiger partial charge in [-0.2, -0.15) is 0 Å². The molecule has 0 aromatic rings. The Morgan fingerprint density at radius 2 is 1.53 bits per heavy atom. The van der Waals surface area contributed by atoms with E-state index in [0.717, 1.165) is 0 Å². The van der Waals surface area contributed by atoms with Gasteiger partial charge in [0.25, 0.3) is 0 Å². The Bertz CT molecular complexity index is 327. The molecular weight excluding hydrogens is 228 g/mol. The first-order valence-corrected chi connectivity index (χ1v) is 5.25. The van der Waals surface area contributed by atoms with Crippen LogP contribution in [0.1, 0.15) is 33.1 Å². The lowest BCUT2D eigenvalue weighted by Crippen LogP contribution is -2.44. The summed E-state index contributed by atoms with van der Waals surface area (Å²) < 4.78 is 0. The third-order valence-corrected chi connectivity index (χ3v) is 1.94. The van der Waals surface area contributed by atoms with Gasteiger partial charge in [0, 0.05) is 12.8 Å². The van der Waals surface area contributed by atoms with Gasteiger partial charge in [0.1, 0.15) is 6.04 Å². The molecule has 0 fully saturated rings. The summed E-state index contributed by atoms with van der Waals surface area (Å²) in [5.41, 5.74) is 0. The van der Waals surface area contributed by atoms with Gasteiger partial charge >= 0.3 is 5.97 Å². The van der Waals surface area contributed by atoms with Crippen LogP contribution in [0.4, 0.5) is 0 Å². The van der Waals surface area contributed by atoms with Crippen LogP contribution in [0.3, 0.4) is 0 Å². The molecule has 7 nitrogen and oxygen atoms in total. The van der Waals surface area contributed by atoms with Gasteiger partial charge in [-0.1, -0.05) is 13.8 Å². The molecule has 0 aromatic carbocycles. The van der Waals surface area contributed by atoms with Crippen molar-refractivity contribution in [1.82, 2.24) is 10.6 Å². The number of carbonyl (C=O) groups excluding carboxylic acids is 3. The average Bonchev–Trinajstić information content (AvgIpc) is 2.27. The molecule has 0 bridgehead atoms. The van der Waals surface area contributed by atoms with Crippen molar-refractivity contribution in [2.75, 3.05) is 0 Å². The molecule has 1 unspecified atom stereocenters. The molecule has 0 spiro atoms. The fourth-order valence-electron chi connectivity index (χ4n) is 0.977. The molecule has 0 aliphatic heterocycles. The number of hydrogen-bond donors (Lipinski definition) is 3. The highest BCUT2D eigenvalue weighted by Gasteiger charge is 2.23. The Kier molecular flexibility index (Phi) is 6.54. The molecule has 17 heavy (non-hydrogen) atoms. The summed E-state index contributed by atoms with van der Waals surface area (Å²) in [4.78, 5) is 43.9. The summed E-state index contributed by atoms with van der Waals surface area (Å²) in [5.74, 6) is -2.99. The summed E-state index contributed by atoms with van der Waals surface area (Å²) in [5, 5.41) is 13.0. The van der Waals surface area contributed by atoms with Crippen LogP contribution in [0, 0.1) is 0 Å². The molecule has 96 valence electrons. The number of nitrogens with one attached hydrogen (secondary N) is 2. The van der Waals surface area contributed by atoms with E-state index < -0.39 is 36.2 Å². The van der Waals surface area contributed by atoms with Gasteiger partial charge in [0.05, 0.1) is 6.42 Å². The number of hydrogen-bond acceptors (Lipinski definition) is 4. The molecule has 0 heterocycles. The molecule has 0 aliphatic rings. The highest BCUT2D eigenvalue weighted by atomic mass is 16.4. The van der Waals surface area contributed by atoms with E-state index in [1.807, 2.05) is 5.32 Å². The molecule has 0 aliphatic carbocycles. The highest BCUT2D eigenvalue weighted by Crippen LogP contribution is 1.94. The Balaban J connectivity index is 4.35. The second-order valence-electron chi connectivity index (χ2n) is 3.34. The molecule has 3 N–H and O–H groups in total. The molecule has 1 atom stereocenters.